The van der Waals surface area contributed by atoms with Crippen molar-refractivity contribution in [1.82, 2.24) is 9.55 Å². The van der Waals surface area contributed by atoms with Gasteiger partial charge in [0.05, 0.1) is 16.6 Å². The van der Waals surface area contributed by atoms with Gasteiger partial charge >= 0.3 is 0 Å². The van der Waals surface area contributed by atoms with Gasteiger partial charge in [-0.15, -0.1) is 0 Å². The molecule has 0 spiro atoms. The van der Waals surface area contributed by atoms with Gasteiger partial charge in [0.25, 0.3) is 5.56 Å². The lowest BCUT2D eigenvalue weighted by Gasteiger charge is -2.08. The molecule has 3 aromatic rings. The Morgan fingerprint density at radius 2 is 2.05 bits per heavy atom. The summed E-state index contributed by atoms with van der Waals surface area (Å²) in [5.74, 6) is -0.849. The molecular weight excluding hydrogens is 273 g/mol. The Labute approximate surface area is 119 Å². The highest BCUT2D eigenvalue weighted by Crippen LogP contribution is 2.14. The quantitative estimate of drug-likeness (QED) is 0.774. The van der Waals surface area contributed by atoms with Crippen molar-refractivity contribution in [2.75, 3.05) is 5.32 Å². The lowest BCUT2D eigenvalue weighted by Crippen LogP contribution is -2.19. The fraction of sp³-hybridized carbons (Fsp3) is 0.0667. The normalized spacial score (nSPS) is 10.7. The minimum Gasteiger partial charge on any atom is -0.338 e. The van der Waals surface area contributed by atoms with E-state index in [1.54, 1.807) is 35.0 Å². The highest BCUT2D eigenvalue weighted by molar-refractivity contribution is 5.92. The number of para-hydroxylation sites is 1. The Kier molecular flexibility index (Phi) is 3.27. The highest BCUT2D eigenvalue weighted by atomic mass is 19.1. The number of aromatic amines is 1. The average molecular weight is 285 g/mol. The standard InChI is InChI=1S/C15H12FN3O2/c16-11-3-1-2-4-12(11)18-14(20)9-19-8-6-10-13(19)5-7-17-15(10)21/h1-8H,9H2,(H,17,21)(H,18,20). The van der Waals surface area contributed by atoms with E-state index in [1.165, 1.54) is 18.3 Å². The molecule has 106 valence electrons. The average Bonchev–Trinajstić information content (AvgIpc) is 2.86. The molecule has 2 heterocycles. The Morgan fingerprint density at radius 3 is 2.86 bits per heavy atom. The number of nitrogens with one attached hydrogen (secondary N) is 2. The number of hydrogen-bond acceptors (Lipinski definition) is 2. The van der Waals surface area contributed by atoms with Gasteiger partial charge in [-0.1, -0.05) is 12.1 Å². The second kappa shape index (κ2) is 5.24. The van der Waals surface area contributed by atoms with Crippen molar-refractivity contribution in [1.29, 1.82) is 0 Å². The predicted molar refractivity (Wildman–Crippen MR) is 77.6 cm³/mol. The molecule has 21 heavy (non-hydrogen) atoms. The van der Waals surface area contributed by atoms with E-state index in [9.17, 15) is 14.0 Å². The van der Waals surface area contributed by atoms with Gasteiger partial charge in [0.1, 0.15) is 12.4 Å². The molecule has 3 rings (SSSR count). The molecule has 0 saturated heterocycles. The molecule has 0 bridgehead atoms. The minimum atomic E-state index is -0.486. The number of benzene rings is 1. The van der Waals surface area contributed by atoms with Crippen LogP contribution < -0.4 is 10.9 Å². The third kappa shape index (κ3) is 2.55. The summed E-state index contributed by atoms with van der Waals surface area (Å²) in [6.45, 7) is 0.00128. The van der Waals surface area contributed by atoms with E-state index in [0.29, 0.717) is 10.9 Å². The first-order valence-corrected chi connectivity index (χ1v) is 6.36. The molecule has 1 amide bonds. The van der Waals surface area contributed by atoms with E-state index >= 15 is 0 Å². The number of aromatic nitrogens is 2. The van der Waals surface area contributed by atoms with Crippen molar-refractivity contribution < 1.29 is 9.18 Å². The van der Waals surface area contributed by atoms with Crippen molar-refractivity contribution in [3.63, 3.8) is 0 Å². The molecule has 0 unspecified atom stereocenters. The minimum absolute atomic E-state index is 0.00128. The van der Waals surface area contributed by atoms with Crippen molar-refractivity contribution in [2.24, 2.45) is 0 Å². The lowest BCUT2D eigenvalue weighted by atomic mass is 10.3. The number of nitrogens with zero attached hydrogens (tertiary/aromatic N) is 1. The van der Waals surface area contributed by atoms with Crippen molar-refractivity contribution in [2.45, 2.75) is 6.54 Å². The summed E-state index contributed by atoms with van der Waals surface area (Å²) in [6.07, 6.45) is 3.18. The number of rotatable bonds is 3. The highest BCUT2D eigenvalue weighted by Gasteiger charge is 2.09. The Morgan fingerprint density at radius 1 is 1.24 bits per heavy atom. The molecule has 0 fully saturated rings. The molecule has 2 N–H and O–H groups in total. The van der Waals surface area contributed by atoms with Gasteiger partial charge in [0.15, 0.2) is 0 Å². The van der Waals surface area contributed by atoms with E-state index < -0.39 is 5.82 Å². The van der Waals surface area contributed by atoms with Gasteiger partial charge in [-0.3, -0.25) is 9.59 Å². The molecule has 0 radical (unpaired) electrons. The van der Waals surface area contributed by atoms with Gasteiger partial charge in [0.2, 0.25) is 5.91 Å². The first kappa shape index (κ1) is 13.1. The fourth-order valence-corrected chi connectivity index (χ4v) is 2.18. The van der Waals surface area contributed by atoms with Gasteiger partial charge < -0.3 is 14.9 Å². The summed E-state index contributed by atoms with van der Waals surface area (Å²) in [4.78, 5) is 26.1. The zero-order chi connectivity index (χ0) is 14.8. The van der Waals surface area contributed by atoms with Gasteiger partial charge in [-0.25, -0.2) is 4.39 Å². The van der Waals surface area contributed by atoms with Crippen molar-refractivity contribution in [3.8, 4) is 0 Å². The maximum absolute atomic E-state index is 13.5. The van der Waals surface area contributed by atoms with E-state index in [-0.39, 0.29) is 23.7 Å². The maximum atomic E-state index is 13.5. The van der Waals surface area contributed by atoms with E-state index in [1.807, 2.05) is 0 Å². The number of amides is 1. The van der Waals surface area contributed by atoms with Crippen LogP contribution in [0.25, 0.3) is 10.9 Å². The smallest absolute Gasteiger partial charge is 0.257 e. The molecule has 5 nitrogen and oxygen atoms in total. The predicted octanol–water partition coefficient (Wildman–Crippen LogP) is 2.11. The Balaban J connectivity index is 1.83. The van der Waals surface area contributed by atoms with Crippen LogP contribution in [0.1, 0.15) is 0 Å². The summed E-state index contributed by atoms with van der Waals surface area (Å²) in [7, 11) is 0. The number of H-pyrrole nitrogens is 1. The van der Waals surface area contributed by atoms with Crippen LogP contribution in [0.5, 0.6) is 0 Å². The van der Waals surface area contributed by atoms with Gasteiger partial charge in [-0.05, 0) is 24.3 Å². The zero-order valence-electron chi connectivity index (χ0n) is 11.0. The van der Waals surface area contributed by atoms with Crippen LogP contribution in [0.15, 0.2) is 53.6 Å². The van der Waals surface area contributed by atoms with Crippen LogP contribution in [0.3, 0.4) is 0 Å². The monoisotopic (exact) mass is 285 g/mol. The fourth-order valence-electron chi connectivity index (χ4n) is 2.18. The number of carbonyl (C=O) groups is 1. The zero-order valence-corrected chi connectivity index (χ0v) is 11.0. The number of anilines is 1. The Hall–Kier alpha value is -2.89. The maximum Gasteiger partial charge on any atom is 0.257 e. The molecule has 0 aliphatic carbocycles. The van der Waals surface area contributed by atoms with E-state index in [2.05, 4.69) is 10.3 Å². The SMILES string of the molecule is O=C(Cn1ccc2c(=O)[nH]ccc21)Nc1ccccc1F. The third-order valence-electron chi connectivity index (χ3n) is 3.17. The van der Waals surface area contributed by atoms with Crippen LogP contribution >= 0.6 is 0 Å². The first-order chi connectivity index (χ1) is 10.1. The molecule has 0 aliphatic rings. The van der Waals surface area contributed by atoms with Crippen LogP contribution in [-0.4, -0.2) is 15.5 Å². The van der Waals surface area contributed by atoms with Crippen LogP contribution in [0, 0.1) is 5.82 Å². The molecule has 1 aromatic carbocycles. The summed E-state index contributed by atoms with van der Waals surface area (Å²) < 4.78 is 15.1. The van der Waals surface area contributed by atoms with Crippen LogP contribution in [-0.2, 0) is 11.3 Å². The lowest BCUT2D eigenvalue weighted by molar-refractivity contribution is -0.116. The first-order valence-electron chi connectivity index (χ1n) is 6.36. The van der Waals surface area contributed by atoms with Crippen LogP contribution in [0.4, 0.5) is 10.1 Å². The number of hydrogen-bond donors (Lipinski definition) is 2. The second-order valence-electron chi connectivity index (χ2n) is 4.58. The van der Waals surface area contributed by atoms with Crippen LogP contribution in [0.2, 0.25) is 0 Å². The molecule has 6 heteroatoms. The number of carbonyl (C=O) groups excluding carboxylic acids is 1. The summed E-state index contributed by atoms with van der Waals surface area (Å²) in [6, 6.07) is 9.32. The molecule has 0 saturated carbocycles. The van der Waals surface area contributed by atoms with E-state index in [0.717, 1.165) is 0 Å². The van der Waals surface area contributed by atoms with Gasteiger partial charge in [-0.2, -0.15) is 0 Å². The largest absolute Gasteiger partial charge is 0.338 e. The topological polar surface area (TPSA) is 66.9 Å². The molecule has 2 aromatic heterocycles. The van der Waals surface area contributed by atoms with E-state index in [4.69, 9.17) is 0 Å². The molecule has 0 aliphatic heterocycles. The number of pyridine rings is 1. The summed E-state index contributed by atoms with van der Waals surface area (Å²) >= 11 is 0. The molecular formula is C15H12FN3O2. The number of fused-ring (bicyclic) bond motifs is 1. The van der Waals surface area contributed by atoms with Crippen molar-refractivity contribution >= 4 is 22.5 Å². The van der Waals surface area contributed by atoms with Crippen molar-refractivity contribution in [3.05, 3.63) is 65.0 Å². The summed E-state index contributed by atoms with van der Waals surface area (Å²) in [5, 5.41) is 3.02. The van der Waals surface area contributed by atoms with Gasteiger partial charge in [0, 0.05) is 12.4 Å². The number of halogens is 1. The second-order valence-corrected chi connectivity index (χ2v) is 4.58. The Bertz CT molecular complexity index is 866. The summed E-state index contributed by atoms with van der Waals surface area (Å²) in [5.41, 5.74) is 0.583. The molecule has 0 atom stereocenters. The third-order valence-corrected chi connectivity index (χ3v) is 3.17.